The van der Waals surface area contributed by atoms with Gasteiger partial charge >= 0.3 is 0 Å². The normalized spacial score (nSPS) is 14.6. The fraction of sp³-hybridized carbons (Fsp3) is 0.409. The molecule has 168 valence electrons. The molecule has 1 amide bonds. The zero-order valence-corrected chi connectivity index (χ0v) is 19.0. The van der Waals surface area contributed by atoms with Crippen molar-refractivity contribution >= 4 is 21.6 Å². The SMILES string of the molecule is CCOc1ccc(S(=O)(=O)N(C)CC(=O)N2CCN(c3ccccc3OC)CC2)cc1. The molecule has 0 saturated carbocycles. The Morgan fingerprint density at radius 3 is 2.29 bits per heavy atom. The van der Waals surface area contributed by atoms with Gasteiger partial charge in [-0.05, 0) is 43.3 Å². The number of carbonyl (C=O) groups is 1. The van der Waals surface area contributed by atoms with Crippen molar-refractivity contribution in [2.75, 3.05) is 58.4 Å². The van der Waals surface area contributed by atoms with Crippen LogP contribution in [0.1, 0.15) is 6.92 Å². The second kappa shape index (κ2) is 10.0. The Kier molecular flexibility index (Phi) is 7.40. The number of sulfonamides is 1. The molecule has 1 heterocycles. The summed E-state index contributed by atoms with van der Waals surface area (Å²) in [5.74, 6) is 1.19. The molecule has 3 rings (SSSR count). The fourth-order valence-electron chi connectivity index (χ4n) is 3.52. The van der Waals surface area contributed by atoms with Crippen LogP contribution < -0.4 is 14.4 Å². The van der Waals surface area contributed by atoms with Gasteiger partial charge in [-0.2, -0.15) is 4.31 Å². The zero-order valence-electron chi connectivity index (χ0n) is 18.2. The molecule has 2 aromatic carbocycles. The molecule has 0 spiro atoms. The van der Waals surface area contributed by atoms with E-state index in [1.165, 1.54) is 19.2 Å². The lowest BCUT2D eigenvalue weighted by molar-refractivity contribution is -0.131. The number of benzene rings is 2. The minimum Gasteiger partial charge on any atom is -0.495 e. The lowest BCUT2D eigenvalue weighted by Crippen LogP contribution is -2.51. The minimum absolute atomic E-state index is 0.132. The first-order chi connectivity index (χ1) is 14.9. The van der Waals surface area contributed by atoms with Crippen LogP contribution in [0, 0.1) is 0 Å². The number of piperazine rings is 1. The second-order valence-electron chi connectivity index (χ2n) is 7.21. The summed E-state index contributed by atoms with van der Waals surface area (Å²) < 4.78 is 37.5. The molecule has 1 aliphatic heterocycles. The van der Waals surface area contributed by atoms with Crippen molar-refractivity contribution in [3.63, 3.8) is 0 Å². The average Bonchev–Trinajstić information content (AvgIpc) is 2.79. The Hall–Kier alpha value is -2.78. The number of rotatable bonds is 8. The number of hydrogen-bond acceptors (Lipinski definition) is 6. The molecule has 0 atom stereocenters. The third-order valence-electron chi connectivity index (χ3n) is 5.26. The number of methoxy groups -OCH3 is 1. The third-order valence-corrected chi connectivity index (χ3v) is 7.08. The van der Waals surface area contributed by atoms with Gasteiger partial charge in [0.15, 0.2) is 0 Å². The molecular formula is C22H29N3O5S. The topological polar surface area (TPSA) is 79.4 Å². The van der Waals surface area contributed by atoms with Crippen molar-refractivity contribution in [1.82, 2.24) is 9.21 Å². The summed E-state index contributed by atoms with van der Waals surface area (Å²) in [6.45, 7) is 4.51. The molecule has 31 heavy (non-hydrogen) atoms. The Balaban J connectivity index is 1.59. The first kappa shape index (κ1) is 22.9. The molecule has 9 heteroatoms. The van der Waals surface area contributed by atoms with Crippen LogP contribution in [0.15, 0.2) is 53.4 Å². The van der Waals surface area contributed by atoms with E-state index in [4.69, 9.17) is 9.47 Å². The zero-order chi connectivity index (χ0) is 22.4. The van der Waals surface area contributed by atoms with Gasteiger partial charge in [0, 0.05) is 33.2 Å². The predicted molar refractivity (Wildman–Crippen MR) is 119 cm³/mol. The van der Waals surface area contributed by atoms with Crippen LogP contribution >= 0.6 is 0 Å². The molecule has 0 unspecified atom stereocenters. The van der Waals surface area contributed by atoms with Gasteiger partial charge in [-0.1, -0.05) is 12.1 Å². The number of ether oxygens (including phenoxy) is 2. The highest BCUT2D eigenvalue weighted by atomic mass is 32.2. The minimum atomic E-state index is -3.76. The van der Waals surface area contributed by atoms with Gasteiger partial charge in [-0.3, -0.25) is 4.79 Å². The highest BCUT2D eigenvalue weighted by Crippen LogP contribution is 2.28. The molecule has 0 aliphatic carbocycles. The monoisotopic (exact) mass is 447 g/mol. The highest BCUT2D eigenvalue weighted by molar-refractivity contribution is 7.89. The van der Waals surface area contributed by atoms with E-state index in [0.717, 1.165) is 15.7 Å². The lowest BCUT2D eigenvalue weighted by Gasteiger charge is -2.37. The smallest absolute Gasteiger partial charge is 0.243 e. The summed E-state index contributed by atoms with van der Waals surface area (Å²) in [7, 11) is -0.700. The second-order valence-corrected chi connectivity index (χ2v) is 9.25. The van der Waals surface area contributed by atoms with E-state index in [2.05, 4.69) is 4.90 Å². The van der Waals surface area contributed by atoms with Crippen LogP contribution in [0.3, 0.4) is 0 Å². The number of likely N-dealkylation sites (N-methyl/N-ethyl adjacent to an activating group) is 1. The third kappa shape index (κ3) is 5.29. The van der Waals surface area contributed by atoms with Crippen molar-refractivity contribution in [2.24, 2.45) is 0 Å². The van der Waals surface area contributed by atoms with E-state index in [-0.39, 0.29) is 17.3 Å². The van der Waals surface area contributed by atoms with E-state index >= 15 is 0 Å². The summed E-state index contributed by atoms with van der Waals surface area (Å²) in [5, 5.41) is 0. The van der Waals surface area contributed by atoms with Crippen molar-refractivity contribution in [2.45, 2.75) is 11.8 Å². The number of nitrogens with zero attached hydrogens (tertiary/aromatic N) is 3. The molecule has 0 bridgehead atoms. The van der Waals surface area contributed by atoms with Crippen molar-refractivity contribution < 1.29 is 22.7 Å². The lowest BCUT2D eigenvalue weighted by atomic mass is 10.2. The summed E-state index contributed by atoms with van der Waals surface area (Å²) >= 11 is 0. The number of hydrogen-bond donors (Lipinski definition) is 0. The first-order valence-corrected chi connectivity index (χ1v) is 11.7. The Morgan fingerprint density at radius 2 is 1.68 bits per heavy atom. The molecule has 1 aliphatic rings. The summed E-state index contributed by atoms with van der Waals surface area (Å²) in [5.41, 5.74) is 0.993. The van der Waals surface area contributed by atoms with Crippen LogP contribution in [0.2, 0.25) is 0 Å². The fourth-order valence-corrected chi connectivity index (χ4v) is 4.64. The van der Waals surface area contributed by atoms with Crippen LogP contribution in [0.25, 0.3) is 0 Å². The quantitative estimate of drug-likeness (QED) is 0.616. The maximum atomic E-state index is 12.8. The van der Waals surface area contributed by atoms with Gasteiger partial charge < -0.3 is 19.3 Å². The average molecular weight is 448 g/mol. The largest absolute Gasteiger partial charge is 0.495 e. The number of carbonyl (C=O) groups excluding carboxylic acids is 1. The van der Waals surface area contributed by atoms with Gasteiger partial charge in [0.25, 0.3) is 0 Å². The number of para-hydroxylation sites is 2. The van der Waals surface area contributed by atoms with Gasteiger partial charge in [0.2, 0.25) is 15.9 Å². The van der Waals surface area contributed by atoms with Crippen LogP contribution in [0.4, 0.5) is 5.69 Å². The number of anilines is 1. The van der Waals surface area contributed by atoms with Crippen LogP contribution in [-0.4, -0.2) is 77.0 Å². The van der Waals surface area contributed by atoms with E-state index in [9.17, 15) is 13.2 Å². The van der Waals surface area contributed by atoms with Gasteiger partial charge in [0.1, 0.15) is 11.5 Å². The molecule has 8 nitrogen and oxygen atoms in total. The molecule has 0 aromatic heterocycles. The van der Waals surface area contributed by atoms with Gasteiger partial charge in [-0.25, -0.2) is 8.42 Å². The van der Waals surface area contributed by atoms with E-state index < -0.39 is 10.0 Å². The van der Waals surface area contributed by atoms with E-state index in [0.29, 0.717) is 38.5 Å². The number of amides is 1. The molecular weight excluding hydrogens is 418 g/mol. The maximum Gasteiger partial charge on any atom is 0.243 e. The summed E-state index contributed by atoms with van der Waals surface area (Å²) in [6.07, 6.45) is 0. The summed E-state index contributed by atoms with van der Waals surface area (Å²) in [4.78, 5) is 16.8. The molecule has 1 saturated heterocycles. The molecule has 0 N–H and O–H groups in total. The standard InChI is InChI=1S/C22H29N3O5S/c1-4-30-18-9-11-19(12-10-18)31(27,28)23(2)17-22(26)25-15-13-24(14-16-25)20-7-5-6-8-21(20)29-3/h5-12H,4,13-17H2,1-3H3. The van der Waals surface area contributed by atoms with Gasteiger partial charge in [0.05, 0.1) is 30.8 Å². The molecule has 0 radical (unpaired) electrons. The van der Waals surface area contributed by atoms with Crippen LogP contribution in [-0.2, 0) is 14.8 Å². The Bertz CT molecular complexity index is 986. The van der Waals surface area contributed by atoms with Crippen molar-refractivity contribution in [1.29, 1.82) is 0 Å². The maximum absolute atomic E-state index is 12.8. The van der Waals surface area contributed by atoms with E-state index in [1.54, 1.807) is 24.1 Å². The molecule has 2 aromatic rings. The van der Waals surface area contributed by atoms with Gasteiger partial charge in [-0.15, -0.1) is 0 Å². The Morgan fingerprint density at radius 1 is 1.03 bits per heavy atom. The molecule has 1 fully saturated rings. The highest BCUT2D eigenvalue weighted by Gasteiger charge is 2.27. The predicted octanol–water partition coefficient (Wildman–Crippen LogP) is 2.06. The Labute approximate surface area is 184 Å². The van der Waals surface area contributed by atoms with Crippen LogP contribution in [0.5, 0.6) is 11.5 Å². The summed E-state index contributed by atoms with van der Waals surface area (Å²) in [6, 6.07) is 14.0. The van der Waals surface area contributed by atoms with Crippen molar-refractivity contribution in [3.8, 4) is 11.5 Å². The van der Waals surface area contributed by atoms with Crippen molar-refractivity contribution in [3.05, 3.63) is 48.5 Å². The first-order valence-electron chi connectivity index (χ1n) is 10.2. The van der Waals surface area contributed by atoms with E-state index in [1.807, 2.05) is 31.2 Å².